The minimum Gasteiger partial charge on any atom is -0.336 e. The van der Waals surface area contributed by atoms with Gasteiger partial charge in [0, 0.05) is 29.3 Å². The van der Waals surface area contributed by atoms with Gasteiger partial charge in [0.25, 0.3) is 5.91 Å². The van der Waals surface area contributed by atoms with Crippen LogP contribution in [0.1, 0.15) is 10.4 Å². The zero-order chi connectivity index (χ0) is 11.7. The van der Waals surface area contributed by atoms with E-state index in [2.05, 4.69) is 27.9 Å². The summed E-state index contributed by atoms with van der Waals surface area (Å²) in [6, 6.07) is 5.72. The standard InChI is InChI=1S/C11H12ClIN2O.ClH/c1-15(8-5-14-6-8)11(16)7-2-3-10(13)9(12)4-7;/h2-4,8,14H,5-6H2,1H3;1H. The zero-order valence-corrected chi connectivity index (χ0v) is 13.0. The maximum Gasteiger partial charge on any atom is 0.253 e. The van der Waals surface area contributed by atoms with Crippen LogP contribution in [0.15, 0.2) is 18.2 Å². The van der Waals surface area contributed by atoms with Crippen LogP contribution in [0, 0.1) is 3.57 Å². The van der Waals surface area contributed by atoms with Crippen molar-refractivity contribution in [2.45, 2.75) is 6.04 Å². The first kappa shape index (κ1) is 15.0. The SMILES string of the molecule is CN(C(=O)c1ccc(I)c(Cl)c1)C1CNC1.Cl. The van der Waals surface area contributed by atoms with Crippen LogP contribution in [-0.2, 0) is 0 Å². The number of halogens is 3. The van der Waals surface area contributed by atoms with Crippen LogP contribution in [0.5, 0.6) is 0 Å². The molecule has 1 fully saturated rings. The van der Waals surface area contributed by atoms with Gasteiger partial charge in [-0.3, -0.25) is 4.79 Å². The number of nitrogens with zero attached hydrogens (tertiary/aromatic N) is 1. The Morgan fingerprint density at radius 1 is 1.53 bits per heavy atom. The second-order valence-corrected chi connectivity index (χ2v) is 5.43. The predicted molar refractivity (Wildman–Crippen MR) is 80.2 cm³/mol. The van der Waals surface area contributed by atoms with Gasteiger partial charge in [0.1, 0.15) is 0 Å². The highest BCUT2D eigenvalue weighted by Crippen LogP contribution is 2.20. The molecule has 0 aliphatic carbocycles. The fraction of sp³-hybridized carbons (Fsp3) is 0.364. The topological polar surface area (TPSA) is 32.3 Å². The van der Waals surface area contributed by atoms with Crippen molar-refractivity contribution in [1.29, 1.82) is 0 Å². The number of nitrogens with one attached hydrogen (secondary N) is 1. The molecule has 1 aliphatic heterocycles. The van der Waals surface area contributed by atoms with Gasteiger partial charge in [-0.1, -0.05) is 11.6 Å². The second kappa shape index (κ2) is 6.22. The number of amides is 1. The van der Waals surface area contributed by atoms with Gasteiger partial charge < -0.3 is 10.2 Å². The summed E-state index contributed by atoms with van der Waals surface area (Å²) in [7, 11) is 1.83. The van der Waals surface area contributed by atoms with Gasteiger partial charge >= 0.3 is 0 Å². The molecule has 1 saturated heterocycles. The minimum absolute atomic E-state index is 0. The van der Waals surface area contributed by atoms with Crippen molar-refractivity contribution < 1.29 is 4.79 Å². The molecule has 0 atom stereocenters. The molecule has 2 rings (SSSR count). The van der Waals surface area contributed by atoms with Crippen LogP contribution in [0.2, 0.25) is 5.02 Å². The van der Waals surface area contributed by atoms with Crippen molar-refractivity contribution in [2.24, 2.45) is 0 Å². The molecule has 0 spiro atoms. The zero-order valence-electron chi connectivity index (χ0n) is 9.24. The van der Waals surface area contributed by atoms with E-state index in [1.165, 1.54) is 0 Å². The van der Waals surface area contributed by atoms with E-state index in [1.807, 2.05) is 19.2 Å². The molecule has 1 aliphatic rings. The summed E-state index contributed by atoms with van der Waals surface area (Å²) < 4.78 is 0.962. The quantitative estimate of drug-likeness (QED) is 0.791. The fourth-order valence-electron chi connectivity index (χ4n) is 1.55. The molecule has 1 aromatic rings. The first-order valence-corrected chi connectivity index (χ1v) is 6.48. The van der Waals surface area contributed by atoms with Crippen molar-refractivity contribution in [2.75, 3.05) is 20.1 Å². The van der Waals surface area contributed by atoms with Crippen LogP contribution < -0.4 is 5.32 Å². The third kappa shape index (κ3) is 3.24. The van der Waals surface area contributed by atoms with E-state index in [0.29, 0.717) is 16.6 Å². The molecule has 0 bridgehead atoms. The van der Waals surface area contributed by atoms with Gasteiger partial charge in [-0.2, -0.15) is 0 Å². The number of hydrogen-bond acceptors (Lipinski definition) is 2. The lowest BCUT2D eigenvalue weighted by Crippen LogP contribution is -2.57. The van der Waals surface area contributed by atoms with Gasteiger partial charge in [0.05, 0.1) is 11.1 Å². The van der Waals surface area contributed by atoms with E-state index in [9.17, 15) is 4.79 Å². The van der Waals surface area contributed by atoms with Crippen molar-refractivity contribution in [1.82, 2.24) is 10.2 Å². The molecule has 1 aromatic carbocycles. The smallest absolute Gasteiger partial charge is 0.253 e. The van der Waals surface area contributed by atoms with Crippen LogP contribution >= 0.6 is 46.6 Å². The van der Waals surface area contributed by atoms with Gasteiger partial charge in [-0.05, 0) is 40.8 Å². The Morgan fingerprint density at radius 3 is 2.65 bits per heavy atom. The number of rotatable bonds is 2. The summed E-state index contributed by atoms with van der Waals surface area (Å²) in [6.07, 6.45) is 0. The summed E-state index contributed by atoms with van der Waals surface area (Å²) in [5.41, 5.74) is 0.653. The number of carbonyl (C=O) groups excluding carboxylic acids is 1. The molecule has 0 unspecified atom stereocenters. The lowest BCUT2D eigenvalue weighted by Gasteiger charge is -2.35. The van der Waals surface area contributed by atoms with Gasteiger partial charge in [0.15, 0.2) is 0 Å². The molecule has 3 nitrogen and oxygen atoms in total. The summed E-state index contributed by atoms with van der Waals surface area (Å²) in [4.78, 5) is 13.9. The Kier molecular flexibility index (Phi) is 5.50. The van der Waals surface area contributed by atoms with E-state index in [0.717, 1.165) is 16.7 Å². The highest BCUT2D eigenvalue weighted by atomic mass is 127. The lowest BCUT2D eigenvalue weighted by molar-refractivity contribution is 0.0681. The minimum atomic E-state index is 0. The van der Waals surface area contributed by atoms with Gasteiger partial charge in [-0.15, -0.1) is 12.4 Å². The number of carbonyl (C=O) groups is 1. The molecular weight excluding hydrogens is 374 g/mol. The average molecular weight is 387 g/mol. The molecular formula is C11H13Cl2IN2O. The van der Waals surface area contributed by atoms with Crippen molar-refractivity contribution in [3.05, 3.63) is 32.4 Å². The van der Waals surface area contributed by atoms with Crippen LogP contribution in [0.25, 0.3) is 0 Å². The predicted octanol–water partition coefficient (Wildman–Crippen LogP) is 2.41. The molecule has 0 radical (unpaired) electrons. The Bertz CT molecular complexity index is 424. The summed E-state index contributed by atoms with van der Waals surface area (Å²) >= 11 is 8.15. The average Bonchev–Trinajstić information content (AvgIpc) is 2.18. The van der Waals surface area contributed by atoms with E-state index in [-0.39, 0.29) is 18.3 Å². The molecule has 94 valence electrons. The molecule has 1 amide bonds. The molecule has 0 aromatic heterocycles. The largest absolute Gasteiger partial charge is 0.336 e. The first-order valence-electron chi connectivity index (χ1n) is 5.02. The van der Waals surface area contributed by atoms with Crippen LogP contribution in [0.3, 0.4) is 0 Å². The Labute approximate surface area is 125 Å². The third-order valence-corrected chi connectivity index (χ3v) is 4.37. The molecule has 1 heterocycles. The highest BCUT2D eigenvalue weighted by Gasteiger charge is 2.26. The summed E-state index contributed by atoms with van der Waals surface area (Å²) in [5.74, 6) is 0.0322. The third-order valence-electron chi connectivity index (χ3n) is 2.79. The van der Waals surface area contributed by atoms with Gasteiger partial charge in [-0.25, -0.2) is 0 Å². The number of likely N-dealkylation sites (N-methyl/N-ethyl adjacent to an activating group) is 1. The molecule has 1 N–H and O–H groups in total. The normalized spacial score (nSPS) is 14.8. The second-order valence-electron chi connectivity index (χ2n) is 3.86. The highest BCUT2D eigenvalue weighted by molar-refractivity contribution is 14.1. The number of hydrogen-bond donors (Lipinski definition) is 1. The van der Waals surface area contributed by atoms with E-state index in [4.69, 9.17) is 11.6 Å². The molecule has 6 heteroatoms. The monoisotopic (exact) mass is 386 g/mol. The van der Waals surface area contributed by atoms with Crippen LogP contribution in [-0.4, -0.2) is 37.0 Å². The maximum absolute atomic E-state index is 12.1. The fourth-order valence-corrected chi connectivity index (χ4v) is 2.06. The number of benzene rings is 1. The van der Waals surface area contributed by atoms with E-state index < -0.39 is 0 Å². The molecule has 17 heavy (non-hydrogen) atoms. The van der Waals surface area contributed by atoms with E-state index >= 15 is 0 Å². The van der Waals surface area contributed by atoms with Gasteiger partial charge in [0.2, 0.25) is 0 Å². The lowest BCUT2D eigenvalue weighted by atomic mass is 10.1. The maximum atomic E-state index is 12.1. The summed E-state index contributed by atoms with van der Waals surface area (Å²) in [6.45, 7) is 1.75. The Balaban J connectivity index is 0.00000144. The van der Waals surface area contributed by atoms with E-state index in [1.54, 1.807) is 11.0 Å². The summed E-state index contributed by atoms with van der Waals surface area (Å²) in [5, 5.41) is 3.78. The first-order chi connectivity index (χ1) is 7.59. The Hall–Kier alpha value is -0.0400. The van der Waals surface area contributed by atoms with Crippen molar-refractivity contribution in [3.8, 4) is 0 Å². The Morgan fingerprint density at radius 2 is 2.18 bits per heavy atom. The molecule has 0 saturated carbocycles. The van der Waals surface area contributed by atoms with Crippen LogP contribution in [0.4, 0.5) is 0 Å². The van der Waals surface area contributed by atoms with Crippen molar-refractivity contribution >= 4 is 52.5 Å². The van der Waals surface area contributed by atoms with Crippen molar-refractivity contribution in [3.63, 3.8) is 0 Å².